The van der Waals surface area contributed by atoms with Gasteiger partial charge in [0, 0.05) is 0 Å². The first-order valence-electron chi connectivity index (χ1n) is 5.06. The van der Waals surface area contributed by atoms with Crippen LogP contribution in [-0.4, -0.2) is 19.2 Å². The minimum Gasteiger partial charge on any atom is -0.427 e. The van der Waals surface area contributed by atoms with Crippen LogP contribution >= 0.6 is 0 Å². The Morgan fingerprint density at radius 3 is 2.73 bits per heavy atom. The van der Waals surface area contributed by atoms with Crippen LogP contribution in [0.25, 0.3) is 0 Å². The van der Waals surface area contributed by atoms with Crippen LogP contribution in [0, 0.1) is 22.9 Å². The van der Waals surface area contributed by atoms with Crippen LogP contribution in [0.3, 0.4) is 0 Å². The maximum Gasteiger partial charge on any atom is 0.286 e. The lowest BCUT2D eigenvalue weighted by atomic mass is 9.81. The third-order valence-electron chi connectivity index (χ3n) is 2.30. The number of aliphatic imine (C=N–C) groups is 1. The van der Waals surface area contributed by atoms with Crippen LogP contribution in [0.2, 0.25) is 0 Å². The smallest absolute Gasteiger partial charge is 0.286 e. The van der Waals surface area contributed by atoms with Crippen LogP contribution in [-0.2, 0) is 9.53 Å². The normalized spacial score (nSPS) is 12.4. The highest BCUT2D eigenvalue weighted by atomic mass is 16.5. The van der Waals surface area contributed by atoms with Gasteiger partial charge in [0.25, 0.3) is 6.26 Å². The summed E-state index contributed by atoms with van der Waals surface area (Å²) in [6.07, 6.45) is 5.00. The summed E-state index contributed by atoms with van der Waals surface area (Å²) in [4.78, 5) is 13.4. The van der Waals surface area contributed by atoms with Crippen molar-refractivity contribution in [1.29, 1.82) is 5.26 Å². The van der Waals surface area contributed by atoms with Crippen molar-refractivity contribution in [3.05, 3.63) is 0 Å². The van der Waals surface area contributed by atoms with E-state index in [2.05, 4.69) is 23.6 Å². The Balaban J connectivity index is 3.90. The van der Waals surface area contributed by atoms with E-state index in [1.54, 1.807) is 6.26 Å². The Hall–Kier alpha value is -1.33. The summed E-state index contributed by atoms with van der Waals surface area (Å²) in [5, 5.41) is 8.26. The van der Waals surface area contributed by atoms with Gasteiger partial charge in [-0.25, -0.2) is 9.79 Å². The van der Waals surface area contributed by atoms with Gasteiger partial charge in [-0.2, -0.15) is 5.26 Å². The average Bonchev–Trinajstić information content (AvgIpc) is 2.14. The van der Waals surface area contributed by atoms with Gasteiger partial charge in [-0.1, -0.05) is 20.8 Å². The Morgan fingerprint density at radius 1 is 1.53 bits per heavy atom. The van der Waals surface area contributed by atoms with Gasteiger partial charge < -0.3 is 4.74 Å². The molecule has 0 saturated heterocycles. The molecule has 0 aliphatic heterocycles. The summed E-state index contributed by atoms with van der Waals surface area (Å²) in [6.45, 7) is 7.26. The fraction of sp³-hybridized carbons (Fsp3) is 0.818. The van der Waals surface area contributed by atoms with Crippen LogP contribution in [0.15, 0.2) is 4.99 Å². The molecule has 0 aromatic heterocycles. The second-order valence-electron chi connectivity index (χ2n) is 4.60. The molecule has 0 aliphatic rings. The number of rotatable bonds is 7. The molecule has 0 saturated carbocycles. The molecule has 15 heavy (non-hydrogen) atoms. The number of nitrogens with zero attached hydrogens (tertiary/aromatic N) is 2. The lowest BCUT2D eigenvalue weighted by Crippen LogP contribution is -2.19. The summed E-state index contributed by atoms with van der Waals surface area (Å²) in [5.74, 6) is 0.333. The summed E-state index contributed by atoms with van der Waals surface area (Å²) >= 11 is 0. The molecule has 0 radical (unpaired) electrons. The van der Waals surface area contributed by atoms with Crippen molar-refractivity contribution in [2.75, 3.05) is 13.2 Å². The zero-order valence-corrected chi connectivity index (χ0v) is 9.62. The molecule has 0 aromatic carbocycles. The van der Waals surface area contributed by atoms with Crippen LogP contribution < -0.4 is 0 Å². The lowest BCUT2D eigenvalue weighted by Gasteiger charge is -2.26. The van der Waals surface area contributed by atoms with E-state index >= 15 is 0 Å². The lowest BCUT2D eigenvalue weighted by molar-refractivity contribution is 0.168. The summed E-state index contributed by atoms with van der Waals surface area (Å²) in [6, 6.07) is 0. The third kappa shape index (κ3) is 7.72. The van der Waals surface area contributed by atoms with Crippen molar-refractivity contribution >= 4 is 6.08 Å². The predicted molar refractivity (Wildman–Crippen MR) is 56.7 cm³/mol. The number of nitriles is 1. The standard InChI is InChI=1S/C11H18N2O2/c1-10(7-15-8-12)6-11(2,3)4-5-13-9-14/h10H,4-7H2,1-3H3. The number of carbonyl (C=O) groups excluding carboxylic acids is 1. The average molecular weight is 210 g/mol. The Morgan fingerprint density at radius 2 is 2.20 bits per heavy atom. The van der Waals surface area contributed by atoms with Crippen LogP contribution in [0.5, 0.6) is 0 Å². The highest BCUT2D eigenvalue weighted by molar-refractivity contribution is 5.32. The summed E-state index contributed by atoms with van der Waals surface area (Å²) in [7, 11) is 0. The molecule has 0 heterocycles. The zero-order valence-electron chi connectivity index (χ0n) is 9.62. The summed E-state index contributed by atoms with van der Waals surface area (Å²) < 4.78 is 4.69. The zero-order chi connectivity index (χ0) is 11.7. The molecular formula is C11H18N2O2. The largest absolute Gasteiger partial charge is 0.427 e. The Bertz CT molecular complexity index is 262. The van der Waals surface area contributed by atoms with Gasteiger partial charge in [0.15, 0.2) is 0 Å². The molecule has 0 N–H and O–H groups in total. The molecule has 0 amide bonds. The predicted octanol–water partition coefficient (Wildman–Crippen LogP) is 2.26. The Kier molecular flexibility index (Phi) is 6.40. The summed E-state index contributed by atoms with van der Waals surface area (Å²) in [5.41, 5.74) is 0.110. The van der Waals surface area contributed by atoms with Gasteiger partial charge in [-0.05, 0) is 24.2 Å². The molecule has 0 aliphatic carbocycles. The highest BCUT2D eigenvalue weighted by Crippen LogP contribution is 2.29. The minimum atomic E-state index is 0.110. The van der Waals surface area contributed by atoms with Crippen molar-refractivity contribution < 1.29 is 9.53 Å². The van der Waals surface area contributed by atoms with Crippen LogP contribution in [0.4, 0.5) is 0 Å². The minimum absolute atomic E-state index is 0.110. The SMILES string of the molecule is CC(COC#N)CC(C)(C)CCN=C=O. The molecule has 0 aromatic rings. The van der Waals surface area contributed by atoms with E-state index in [-0.39, 0.29) is 5.41 Å². The fourth-order valence-electron chi connectivity index (χ4n) is 1.69. The maximum absolute atomic E-state index is 9.91. The van der Waals surface area contributed by atoms with Crippen molar-refractivity contribution in [3.8, 4) is 6.26 Å². The quantitative estimate of drug-likeness (QED) is 0.368. The highest BCUT2D eigenvalue weighted by Gasteiger charge is 2.20. The van der Waals surface area contributed by atoms with Crippen molar-refractivity contribution in [2.24, 2.45) is 16.3 Å². The van der Waals surface area contributed by atoms with E-state index in [0.29, 0.717) is 19.1 Å². The molecule has 0 fully saturated rings. The second kappa shape index (κ2) is 7.03. The van der Waals surface area contributed by atoms with Gasteiger partial charge >= 0.3 is 0 Å². The molecule has 1 atom stereocenters. The number of isocyanates is 1. The fourth-order valence-corrected chi connectivity index (χ4v) is 1.69. The van der Waals surface area contributed by atoms with Crippen molar-refractivity contribution in [3.63, 3.8) is 0 Å². The molecule has 4 nitrogen and oxygen atoms in total. The van der Waals surface area contributed by atoms with Gasteiger partial charge in [0.05, 0.1) is 6.54 Å². The molecule has 84 valence electrons. The molecule has 4 heteroatoms. The molecule has 0 bridgehead atoms. The van der Waals surface area contributed by atoms with E-state index in [1.807, 2.05) is 6.92 Å². The first-order valence-corrected chi connectivity index (χ1v) is 5.06. The van der Waals surface area contributed by atoms with Gasteiger partial charge in [0.1, 0.15) is 6.61 Å². The first kappa shape index (κ1) is 13.7. The topological polar surface area (TPSA) is 62.4 Å². The van der Waals surface area contributed by atoms with Gasteiger partial charge in [-0.3, -0.25) is 0 Å². The van der Waals surface area contributed by atoms with E-state index in [1.165, 1.54) is 6.08 Å². The van der Waals surface area contributed by atoms with Crippen molar-refractivity contribution in [1.82, 2.24) is 0 Å². The molecule has 0 rings (SSSR count). The second-order valence-corrected chi connectivity index (χ2v) is 4.60. The van der Waals surface area contributed by atoms with E-state index in [4.69, 9.17) is 5.26 Å². The van der Waals surface area contributed by atoms with Crippen molar-refractivity contribution in [2.45, 2.75) is 33.6 Å². The monoisotopic (exact) mass is 210 g/mol. The molecule has 1 unspecified atom stereocenters. The van der Waals surface area contributed by atoms with Gasteiger partial charge in [-0.15, -0.1) is 0 Å². The molecular weight excluding hydrogens is 192 g/mol. The third-order valence-corrected chi connectivity index (χ3v) is 2.30. The molecule has 0 spiro atoms. The van der Waals surface area contributed by atoms with E-state index in [0.717, 1.165) is 12.8 Å². The number of ether oxygens (including phenoxy) is 1. The van der Waals surface area contributed by atoms with Gasteiger partial charge in [0.2, 0.25) is 6.08 Å². The number of hydrogen-bond acceptors (Lipinski definition) is 4. The van der Waals surface area contributed by atoms with E-state index in [9.17, 15) is 4.79 Å². The van der Waals surface area contributed by atoms with E-state index < -0.39 is 0 Å². The first-order chi connectivity index (χ1) is 7.02. The Labute approximate surface area is 91.0 Å². The maximum atomic E-state index is 9.91. The van der Waals surface area contributed by atoms with Crippen LogP contribution in [0.1, 0.15) is 33.6 Å². The number of hydrogen-bond donors (Lipinski definition) is 0.